The molecule has 32 heavy (non-hydrogen) atoms. The van der Waals surface area contributed by atoms with Gasteiger partial charge in [0.25, 0.3) is 5.69 Å². The monoisotopic (exact) mass is 455 g/mol. The Morgan fingerprint density at radius 3 is 2.47 bits per heavy atom. The maximum atomic E-state index is 13.2. The minimum atomic E-state index is -0.568. The lowest BCUT2D eigenvalue weighted by Crippen LogP contribution is -2.51. The summed E-state index contributed by atoms with van der Waals surface area (Å²) in [5.74, 6) is 0.337. The number of benzene rings is 2. The van der Waals surface area contributed by atoms with Crippen LogP contribution in [0.25, 0.3) is 11.4 Å². The molecule has 0 saturated carbocycles. The van der Waals surface area contributed by atoms with Gasteiger partial charge < -0.3 is 9.80 Å². The van der Waals surface area contributed by atoms with Gasteiger partial charge in [-0.05, 0) is 42.0 Å². The first-order valence-electron chi connectivity index (χ1n) is 10.3. The van der Waals surface area contributed by atoms with Crippen LogP contribution in [0.2, 0.25) is 5.02 Å². The molecule has 11 heteroatoms. The number of anilines is 1. The molecule has 1 aliphatic rings. The summed E-state index contributed by atoms with van der Waals surface area (Å²) in [6, 6.07) is 13.2. The lowest BCUT2D eigenvalue weighted by Gasteiger charge is -2.36. The van der Waals surface area contributed by atoms with Gasteiger partial charge in [0.05, 0.1) is 4.92 Å². The molecule has 1 aliphatic heterocycles. The maximum Gasteiger partial charge on any atom is 0.292 e. The van der Waals surface area contributed by atoms with Crippen LogP contribution in [0.5, 0.6) is 0 Å². The van der Waals surface area contributed by atoms with Gasteiger partial charge in [-0.3, -0.25) is 14.9 Å². The Labute approximate surface area is 189 Å². The van der Waals surface area contributed by atoms with Crippen molar-refractivity contribution < 1.29 is 9.72 Å². The van der Waals surface area contributed by atoms with Gasteiger partial charge in [-0.25, -0.2) is 0 Å². The smallest absolute Gasteiger partial charge is 0.292 e. The van der Waals surface area contributed by atoms with E-state index < -0.39 is 6.04 Å². The fraction of sp³-hybridized carbons (Fsp3) is 0.333. The highest BCUT2D eigenvalue weighted by Gasteiger charge is 2.31. The van der Waals surface area contributed by atoms with Crippen LogP contribution in [0.1, 0.15) is 19.4 Å². The summed E-state index contributed by atoms with van der Waals surface area (Å²) < 4.78 is 0. The molecule has 0 spiro atoms. The summed E-state index contributed by atoms with van der Waals surface area (Å²) in [7, 11) is 0. The molecular weight excluding hydrogens is 434 g/mol. The van der Waals surface area contributed by atoms with E-state index in [1.165, 1.54) is 10.9 Å². The fourth-order valence-electron chi connectivity index (χ4n) is 3.77. The third-order valence-electron chi connectivity index (χ3n) is 5.49. The first-order valence-corrected chi connectivity index (χ1v) is 10.7. The second-order valence-corrected chi connectivity index (χ2v) is 7.86. The summed E-state index contributed by atoms with van der Waals surface area (Å²) in [4.78, 5) is 29.2. The van der Waals surface area contributed by atoms with E-state index in [1.54, 1.807) is 47.4 Å². The number of rotatable bonds is 6. The molecule has 3 aromatic rings. The molecule has 0 aliphatic carbocycles. The molecule has 1 aromatic heterocycles. The normalized spacial score (nSPS) is 14.9. The Balaban J connectivity index is 1.44. The minimum Gasteiger partial charge on any atom is -0.362 e. The van der Waals surface area contributed by atoms with Crippen molar-refractivity contribution in [3.63, 3.8) is 0 Å². The van der Waals surface area contributed by atoms with Crippen LogP contribution in [0.15, 0.2) is 48.5 Å². The van der Waals surface area contributed by atoms with Crippen LogP contribution in [0.3, 0.4) is 0 Å². The van der Waals surface area contributed by atoms with Crippen LogP contribution in [-0.4, -0.2) is 62.1 Å². The first-order chi connectivity index (χ1) is 15.5. The molecule has 2 aromatic carbocycles. The first kappa shape index (κ1) is 21.7. The molecular formula is C21H22ClN7O3. The summed E-state index contributed by atoms with van der Waals surface area (Å²) >= 11 is 5.93. The summed E-state index contributed by atoms with van der Waals surface area (Å²) in [6.07, 6.45) is 0.514. The predicted molar refractivity (Wildman–Crippen MR) is 119 cm³/mol. The molecule has 0 radical (unpaired) electrons. The number of halogens is 1. The highest BCUT2D eigenvalue weighted by molar-refractivity contribution is 6.30. The number of amides is 1. The van der Waals surface area contributed by atoms with E-state index in [0.29, 0.717) is 49.1 Å². The Kier molecular flexibility index (Phi) is 6.31. The highest BCUT2D eigenvalue weighted by Crippen LogP contribution is 2.29. The van der Waals surface area contributed by atoms with E-state index in [0.717, 1.165) is 5.56 Å². The lowest BCUT2D eigenvalue weighted by atomic mass is 10.1. The molecule has 166 valence electrons. The lowest BCUT2D eigenvalue weighted by molar-refractivity contribution is -0.384. The minimum absolute atomic E-state index is 0.0697. The molecule has 1 amide bonds. The fourth-order valence-corrected chi connectivity index (χ4v) is 3.90. The van der Waals surface area contributed by atoms with Crippen molar-refractivity contribution in [1.82, 2.24) is 25.1 Å². The number of carbonyl (C=O) groups excluding carboxylic acids is 1. The van der Waals surface area contributed by atoms with Gasteiger partial charge in [-0.1, -0.05) is 30.7 Å². The van der Waals surface area contributed by atoms with Gasteiger partial charge in [-0.15, -0.1) is 10.2 Å². The number of nitro benzene ring substituents is 1. The van der Waals surface area contributed by atoms with Crippen molar-refractivity contribution in [2.45, 2.75) is 19.4 Å². The number of tetrazole rings is 1. The van der Waals surface area contributed by atoms with Crippen LogP contribution >= 0.6 is 11.6 Å². The molecule has 0 N–H and O–H groups in total. The summed E-state index contributed by atoms with van der Waals surface area (Å²) in [5.41, 5.74) is 1.41. The molecule has 0 unspecified atom stereocenters. The quantitative estimate of drug-likeness (QED) is 0.414. The van der Waals surface area contributed by atoms with Crippen molar-refractivity contribution in [3.8, 4) is 11.4 Å². The molecule has 1 fully saturated rings. The Hall–Kier alpha value is -3.53. The molecule has 2 heterocycles. The maximum absolute atomic E-state index is 13.2. The van der Waals surface area contributed by atoms with Crippen molar-refractivity contribution >= 4 is 28.9 Å². The largest absolute Gasteiger partial charge is 0.362 e. The van der Waals surface area contributed by atoms with Gasteiger partial charge in [0.2, 0.25) is 11.7 Å². The van der Waals surface area contributed by atoms with E-state index in [4.69, 9.17) is 11.6 Å². The highest BCUT2D eigenvalue weighted by atomic mass is 35.5. The summed E-state index contributed by atoms with van der Waals surface area (Å²) in [5, 5.41) is 24.5. The van der Waals surface area contributed by atoms with Crippen LogP contribution < -0.4 is 4.90 Å². The molecule has 10 nitrogen and oxygen atoms in total. The average Bonchev–Trinajstić information content (AvgIpc) is 3.30. The second kappa shape index (κ2) is 9.31. The zero-order valence-electron chi connectivity index (χ0n) is 17.5. The Bertz CT molecular complexity index is 1110. The second-order valence-electron chi connectivity index (χ2n) is 7.42. The standard InChI is InChI=1S/C21H22ClN7O3/c1-2-17(28-24-20(23-25-28)15-7-9-16(22)10-8-15)21(30)27-13-11-26(12-14-27)18-5-3-4-6-19(18)29(31)32/h3-10,17H,2,11-14H2,1H3/t17-/m0/s1. The molecule has 4 rings (SSSR count). The van der Waals surface area contributed by atoms with Gasteiger partial charge >= 0.3 is 0 Å². The van der Waals surface area contributed by atoms with E-state index in [2.05, 4.69) is 15.4 Å². The number of hydrogen-bond acceptors (Lipinski definition) is 7. The number of carbonyl (C=O) groups is 1. The number of para-hydroxylation sites is 2. The molecule has 0 bridgehead atoms. The van der Waals surface area contributed by atoms with Gasteiger partial charge in [0.1, 0.15) is 5.69 Å². The van der Waals surface area contributed by atoms with Crippen LogP contribution in [0, 0.1) is 10.1 Å². The SMILES string of the molecule is CC[C@@H](C(=O)N1CCN(c2ccccc2[N+](=O)[O-])CC1)n1nnc(-c2ccc(Cl)cc2)n1. The summed E-state index contributed by atoms with van der Waals surface area (Å²) in [6.45, 7) is 3.83. The Morgan fingerprint density at radius 2 is 1.81 bits per heavy atom. The van der Waals surface area contributed by atoms with Crippen molar-refractivity contribution in [2.75, 3.05) is 31.1 Å². The van der Waals surface area contributed by atoms with Crippen molar-refractivity contribution in [1.29, 1.82) is 0 Å². The predicted octanol–water partition coefficient (Wildman–Crippen LogP) is 3.20. The third-order valence-corrected chi connectivity index (χ3v) is 5.74. The molecule has 1 atom stereocenters. The molecule has 1 saturated heterocycles. The van der Waals surface area contributed by atoms with E-state index in [1.807, 2.05) is 11.8 Å². The van der Waals surface area contributed by atoms with Gasteiger partial charge in [0.15, 0.2) is 6.04 Å². The van der Waals surface area contributed by atoms with Gasteiger partial charge in [-0.2, -0.15) is 4.80 Å². The van der Waals surface area contributed by atoms with E-state index >= 15 is 0 Å². The van der Waals surface area contributed by atoms with E-state index in [9.17, 15) is 14.9 Å². The van der Waals surface area contributed by atoms with E-state index in [-0.39, 0.29) is 16.5 Å². The van der Waals surface area contributed by atoms with Crippen molar-refractivity contribution in [2.24, 2.45) is 0 Å². The number of aromatic nitrogens is 4. The Morgan fingerprint density at radius 1 is 1.12 bits per heavy atom. The van der Waals surface area contributed by atoms with Crippen molar-refractivity contribution in [3.05, 3.63) is 63.7 Å². The third kappa shape index (κ3) is 4.40. The average molecular weight is 456 g/mol. The number of nitro groups is 1. The van der Waals surface area contributed by atoms with Crippen LogP contribution in [-0.2, 0) is 4.79 Å². The number of nitrogens with zero attached hydrogens (tertiary/aromatic N) is 7. The zero-order valence-corrected chi connectivity index (χ0v) is 18.2. The number of piperazine rings is 1. The zero-order chi connectivity index (χ0) is 22.7. The number of hydrogen-bond donors (Lipinski definition) is 0. The topological polar surface area (TPSA) is 110 Å². The van der Waals surface area contributed by atoms with Crippen LogP contribution in [0.4, 0.5) is 11.4 Å². The van der Waals surface area contributed by atoms with Gasteiger partial charge in [0, 0.05) is 42.8 Å².